The Labute approximate surface area is 162 Å². The van der Waals surface area contributed by atoms with Gasteiger partial charge in [-0.25, -0.2) is 14.2 Å². The molecule has 2 heterocycles. The van der Waals surface area contributed by atoms with E-state index in [0.29, 0.717) is 24.9 Å². The van der Waals surface area contributed by atoms with E-state index in [1.807, 2.05) is 20.8 Å². The maximum atomic E-state index is 14.4. The van der Waals surface area contributed by atoms with Crippen LogP contribution in [-0.2, 0) is 4.74 Å². The maximum Gasteiger partial charge on any atom is 0.410 e. The number of nitrogens with zero attached hydrogens (tertiary/aromatic N) is 3. The predicted molar refractivity (Wildman–Crippen MR) is 103 cm³/mol. The molecular weight excluding hydrogens is 365 g/mol. The average Bonchev–Trinajstić information content (AvgIpc) is 3.08. The molecule has 1 aromatic heterocycles. The van der Waals surface area contributed by atoms with Gasteiger partial charge in [0.15, 0.2) is 5.84 Å². The van der Waals surface area contributed by atoms with Crippen LogP contribution in [0.4, 0.5) is 9.18 Å². The molecule has 1 atom stereocenters. The lowest BCUT2D eigenvalue weighted by molar-refractivity contribution is 0.0275. The van der Waals surface area contributed by atoms with Crippen molar-refractivity contribution in [3.63, 3.8) is 0 Å². The van der Waals surface area contributed by atoms with Crippen molar-refractivity contribution >= 4 is 22.7 Å². The lowest BCUT2D eigenvalue weighted by atomic mass is 10.1. The Balaban J connectivity index is 1.85. The molecule has 1 aliphatic rings. The van der Waals surface area contributed by atoms with Crippen LogP contribution < -0.4 is 16.3 Å². The van der Waals surface area contributed by atoms with Gasteiger partial charge in [0.1, 0.15) is 23.2 Å². The van der Waals surface area contributed by atoms with Crippen molar-refractivity contribution in [2.24, 2.45) is 16.7 Å². The highest BCUT2D eigenvalue weighted by atomic mass is 19.1. The van der Waals surface area contributed by atoms with Gasteiger partial charge in [-0.1, -0.05) is 12.1 Å². The van der Waals surface area contributed by atoms with E-state index >= 15 is 0 Å². The largest absolute Gasteiger partial charge is 0.472 e. The number of ether oxygens (including phenoxy) is 2. The van der Waals surface area contributed by atoms with Gasteiger partial charge in [0.2, 0.25) is 5.88 Å². The van der Waals surface area contributed by atoms with Crippen LogP contribution in [0, 0.1) is 5.82 Å². The average molecular weight is 389 g/mol. The molecule has 0 spiro atoms. The summed E-state index contributed by atoms with van der Waals surface area (Å²) in [7, 11) is 0. The molecule has 1 aromatic carbocycles. The van der Waals surface area contributed by atoms with E-state index < -0.39 is 17.5 Å². The first-order valence-electron chi connectivity index (χ1n) is 8.95. The summed E-state index contributed by atoms with van der Waals surface area (Å²) in [5, 5.41) is 4.25. The summed E-state index contributed by atoms with van der Waals surface area (Å²) in [6.07, 6.45) is -0.188. The van der Waals surface area contributed by atoms with E-state index in [-0.39, 0.29) is 28.9 Å². The molecule has 3 rings (SSSR count). The molecule has 9 heteroatoms. The highest BCUT2D eigenvalue weighted by molar-refractivity contribution is 6.00. The Bertz CT molecular complexity index is 926. The molecule has 1 aliphatic heterocycles. The number of pyridine rings is 1. The minimum Gasteiger partial charge on any atom is -0.472 e. The van der Waals surface area contributed by atoms with Crippen LogP contribution in [0.1, 0.15) is 32.9 Å². The molecule has 8 nitrogen and oxygen atoms in total. The number of hydrogen-bond donors (Lipinski definition) is 2. The summed E-state index contributed by atoms with van der Waals surface area (Å²) in [5.41, 5.74) is 5.48. The molecule has 4 N–H and O–H groups in total. The fourth-order valence-corrected chi connectivity index (χ4v) is 2.99. The first-order chi connectivity index (χ1) is 13.2. The number of hydrogen-bond acceptors (Lipinski definition) is 6. The van der Waals surface area contributed by atoms with Crippen LogP contribution in [0.3, 0.4) is 0 Å². The van der Waals surface area contributed by atoms with Crippen molar-refractivity contribution in [2.75, 3.05) is 13.1 Å². The zero-order valence-electron chi connectivity index (χ0n) is 16.1. The first kappa shape index (κ1) is 19.7. The Morgan fingerprint density at radius 3 is 2.82 bits per heavy atom. The Morgan fingerprint density at radius 1 is 1.39 bits per heavy atom. The van der Waals surface area contributed by atoms with E-state index in [0.717, 1.165) is 0 Å². The highest BCUT2D eigenvalue weighted by Gasteiger charge is 2.31. The Kier molecular flexibility index (Phi) is 5.26. The third-order valence-electron chi connectivity index (χ3n) is 4.25. The number of carbonyl (C=O) groups excluding carboxylic acids is 1. The monoisotopic (exact) mass is 389 g/mol. The minimum absolute atomic E-state index is 0.0119. The van der Waals surface area contributed by atoms with Crippen LogP contribution in [0.25, 0.3) is 10.8 Å². The number of amides is 1. The molecule has 2 aromatic rings. The topological polar surface area (TPSA) is 116 Å². The number of rotatable bonds is 3. The summed E-state index contributed by atoms with van der Waals surface area (Å²) in [4.78, 5) is 18.1. The molecule has 1 fully saturated rings. The number of likely N-dealkylation sites (tertiary alicyclic amines) is 1. The maximum absolute atomic E-state index is 14.4. The van der Waals surface area contributed by atoms with Crippen LogP contribution in [0.15, 0.2) is 29.4 Å². The number of benzene rings is 1. The van der Waals surface area contributed by atoms with E-state index in [2.05, 4.69) is 10.1 Å². The van der Waals surface area contributed by atoms with Crippen molar-refractivity contribution < 1.29 is 18.7 Å². The zero-order chi connectivity index (χ0) is 20.5. The first-order valence-corrected chi connectivity index (χ1v) is 8.95. The molecule has 0 unspecified atom stereocenters. The van der Waals surface area contributed by atoms with Crippen molar-refractivity contribution in [2.45, 2.75) is 38.9 Å². The van der Waals surface area contributed by atoms with Gasteiger partial charge >= 0.3 is 6.09 Å². The number of halogens is 1. The van der Waals surface area contributed by atoms with Crippen LogP contribution >= 0.6 is 0 Å². The number of amidine groups is 1. The number of carbonyl (C=O) groups is 1. The van der Waals surface area contributed by atoms with Gasteiger partial charge in [-0.15, -0.1) is 0 Å². The standard InChI is InChI=1S/C19H24FN5O3/c1-19(2,3)28-18(26)25-8-7-12(10-25)27-17-15-11(5-4-6-13(15)20)9-14(23-17)16(21)24-22/h4-6,9,12H,7-8,10,22H2,1-3H3,(H2,21,24)/t12-/m0/s1. The fourth-order valence-electron chi connectivity index (χ4n) is 2.99. The third-order valence-corrected chi connectivity index (χ3v) is 4.25. The van der Waals surface area contributed by atoms with Gasteiger partial charge in [-0.3, -0.25) is 0 Å². The minimum atomic E-state index is -0.579. The summed E-state index contributed by atoms with van der Waals surface area (Å²) < 4.78 is 25.8. The molecular formula is C19H24FN5O3. The summed E-state index contributed by atoms with van der Waals surface area (Å²) in [6, 6.07) is 6.24. The Morgan fingerprint density at radius 2 is 2.14 bits per heavy atom. The summed E-state index contributed by atoms with van der Waals surface area (Å²) in [6.45, 7) is 6.22. The molecule has 0 saturated carbocycles. The van der Waals surface area contributed by atoms with Crippen LogP contribution in [0.5, 0.6) is 5.88 Å². The van der Waals surface area contributed by atoms with Crippen molar-refractivity contribution in [1.29, 1.82) is 0 Å². The van der Waals surface area contributed by atoms with E-state index in [4.69, 9.17) is 21.1 Å². The second-order valence-electron chi connectivity index (χ2n) is 7.62. The lowest BCUT2D eigenvalue weighted by Gasteiger charge is -2.24. The second-order valence-corrected chi connectivity index (χ2v) is 7.62. The predicted octanol–water partition coefficient (Wildman–Crippen LogP) is 2.34. The van der Waals surface area contributed by atoms with E-state index in [9.17, 15) is 9.18 Å². The van der Waals surface area contributed by atoms with Gasteiger partial charge in [0.25, 0.3) is 0 Å². The number of aromatic nitrogens is 1. The van der Waals surface area contributed by atoms with Gasteiger partial charge in [0, 0.05) is 13.0 Å². The lowest BCUT2D eigenvalue weighted by Crippen LogP contribution is -2.36. The molecule has 0 bridgehead atoms. The normalized spacial score (nSPS) is 17.8. The molecule has 0 radical (unpaired) electrons. The third kappa shape index (κ3) is 4.24. The molecule has 28 heavy (non-hydrogen) atoms. The van der Waals surface area contributed by atoms with Crippen molar-refractivity contribution in [3.8, 4) is 5.88 Å². The summed E-state index contributed by atoms with van der Waals surface area (Å²) >= 11 is 0. The summed E-state index contributed by atoms with van der Waals surface area (Å²) in [5.74, 6) is 4.89. The number of nitrogens with two attached hydrogens (primary N) is 2. The smallest absolute Gasteiger partial charge is 0.410 e. The van der Waals surface area contributed by atoms with Crippen LogP contribution in [0.2, 0.25) is 0 Å². The van der Waals surface area contributed by atoms with Gasteiger partial charge in [0.05, 0.1) is 11.9 Å². The van der Waals surface area contributed by atoms with Gasteiger partial charge in [-0.05, 0) is 38.3 Å². The highest BCUT2D eigenvalue weighted by Crippen LogP contribution is 2.29. The Hall–Kier alpha value is -3.10. The quantitative estimate of drug-likeness (QED) is 0.360. The fraction of sp³-hybridized carbons (Fsp3) is 0.421. The van der Waals surface area contributed by atoms with Crippen LogP contribution in [-0.4, -0.2) is 46.6 Å². The SMILES string of the molecule is CC(C)(C)OC(=O)N1CC[C@H](Oc2nc(/C(N)=N\N)cc3cccc(F)c23)C1. The second kappa shape index (κ2) is 7.49. The van der Waals surface area contributed by atoms with Gasteiger partial charge in [-0.2, -0.15) is 5.10 Å². The zero-order valence-corrected chi connectivity index (χ0v) is 16.1. The number of hydrazone groups is 1. The van der Waals surface area contributed by atoms with Crippen molar-refractivity contribution in [3.05, 3.63) is 35.8 Å². The van der Waals surface area contributed by atoms with Crippen molar-refractivity contribution in [1.82, 2.24) is 9.88 Å². The van der Waals surface area contributed by atoms with E-state index in [1.165, 1.54) is 6.07 Å². The molecule has 1 saturated heterocycles. The number of fused-ring (bicyclic) bond motifs is 1. The van der Waals surface area contributed by atoms with Gasteiger partial charge < -0.3 is 25.9 Å². The van der Waals surface area contributed by atoms with E-state index in [1.54, 1.807) is 23.1 Å². The molecule has 150 valence electrons. The molecule has 0 aliphatic carbocycles. The molecule has 1 amide bonds.